The van der Waals surface area contributed by atoms with E-state index < -0.39 is 0 Å². The minimum Gasteiger partial charge on any atom is -0.366 e. The normalized spacial score (nSPS) is 10.8. The Labute approximate surface area is 138 Å². The predicted octanol–water partition coefficient (Wildman–Crippen LogP) is 2.58. The molecule has 0 saturated heterocycles. The number of halogens is 1. The molecule has 24 heavy (non-hydrogen) atoms. The summed E-state index contributed by atoms with van der Waals surface area (Å²) in [6, 6.07) is 9.85. The third kappa shape index (κ3) is 3.34. The summed E-state index contributed by atoms with van der Waals surface area (Å²) in [6.45, 7) is 4.09. The topological polar surface area (TPSA) is 75.6 Å². The molecule has 3 aromatic rings. The first-order chi connectivity index (χ1) is 11.6. The highest BCUT2D eigenvalue weighted by molar-refractivity contribution is 5.42. The number of nitrogens with one attached hydrogen (secondary N) is 2. The van der Waals surface area contributed by atoms with Gasteiger partial charge < -0.3 is 10.3 Å². The molecular formula is C17H18FN5O. The van der Waals surface area contributed by atoms with Crippen molar-refractivity contribution in [2.75, 3.05) is 5.32 Å². The van der Waals surface area contributed by atoms with Crippen LogP contribution in [-0.4, -0.2) is 19.7 Å². The highest BCUT2D eigenvalue weighted by Gasteiger charge is 2.11. The van der Waals surface area contributed by atoms with E-state index in [1.54, 1.807) is 18.2 Å². The summed E-state index contributed by atoms with van der Waals surface area (Å²) in [5.74, 6) is 0.697. The van der Waals surface area contributed by atoms with Gasteiger partial charge in [-0.15, -0.1) is 0 Å². The number of aromatic nitrogens is 4. The van der Waals surface area contributed by atoms with Crippen molar-refractivity contribution in [1.82, 2.24) is 19.7 Å². The van der Waals surface area contributed by atoms with Gasteiger partial charge in [0.1, 0.15) is 11.6 Å². The molecular weight excluding hydrogens is 309 g/mol. The van der Waals surface area contributed by atoms with E-state index in [0.717, 1.165) is 11.4 Å². The van der Waals surface area contributed by atoms with Crippen molar-refractivity contribution >= 4 is 5.82 Å². The van der Waals surface area contributed by atoms with Crippen molar-refractivity contribution in [3.05, 3.63) is 69.5 Å². The van der Waals surface area contributed by atoms with Crippen molar-refractivity contribution in [2.24, 2.45) is 0 Å². The molecule has 0 saturated carbocycles. The van der Waals surface area contributed by atoms with Gasteiger partial charge in [0.15, 0.2) is 0 Å². The molecule has 0 radical (unpaired) electrons. The molecule has 0 aliphatic rings. The fourth-order valence-electron chi connectivity index (χ4n) is 2.40. The van der Waals surface area contributed by atoms with Crippen LogP contribution < -0.4 is 10.9 Å². The molecule has 6 nitrogen and oxygen atoms in total. The average molecular weight is 327 g/mol. The van der Waals surface area contributed by atoms with Gasteiger partial charge in [-0.05, 0) is 19.4 Å². The lowest BCUT2D eigenvalue weighted by Gasteiger charge is -2.10. The van der Waals surface area contributed by atoms with Crippen LogP contribution in [0.2, 0.25) is 0 Å². The number of rotatable bonds is 5. The lowest BCUT2D eigenvalue weighted by Crippen LogP contribution is -2.16. The van der Waals surface area contributed by atoms with Gasteiger partial charge in [0.2, 0.25) is 5.95 Å². The van der Waals surface area contributed by atoms with Gasteiger partial charge in [0, 0.05) is 29.9 Å². The first-order valence-electron chi connectivity index (χ1n) is 7.71. The number of aryl methyl sites for hydroxylation is 2. The standard InChI is InChI=1S/C17H18FN5O/c1-3-13-9-16(24)21-17(20-13)23-15(8-11(2)22-23)19-10-12-6-4-5-7-14(12)18/h4-9,19H,3,10H2,1-2H3,(H,20,21,24). The monoisotopic (exact) mass is 327 g/mol. The molecule has 124 valence electrons. The van der Waals surface area contributed by atoms with Gasteiger partial charge in [-0.3, -0.25) is 4.79 Å². The van der Waals surface area contributed by atoms with Crippen LogP contribution in [0.5, 0.6) is 0 Å². The molecule has 0 aliphatic carbocycles. The molecule has 7 heteroatoms. The summed E-state index contributed by atoms with van der Waals surface area (Å²) in [7, 11) is 0. The van der Waals surface area contributed by atoms with Crippen molar-refractivity contribution in [3.8, 4) is 5.95 Å². The smallest absolute Gasteiger partial charge is 0.274 e. The van der Waals surface area contributed by atoms with Gasteiger partial charge in [0.05, 0.1) is 5.69 Å². The highest BCUT2D eigenvalue weighted by atomic mass is 19.1. The van der Waals surface area contributed by atoms with Gasteiger partial charge in [-0.25, -0.2) is 4.39 Å². The molecule has 1 aromatic carbocycles. The van der Waals surface area contributed by atoms with Crippen LogP contribution in [0.3, 0.4) is 0 Å². The number of benzene rings is 1. The van der Waals surface area contributed by atoms with Crippen LogP contribution in [0.4, 0.5) is 10.2 Å². The fraction of sp³-hybridized carbons (Fsp3) is 0.235. The van der Waals surface area contributed by atoms with Crippen molar-refractivity contribution in [1.29, 1.82) is 0 Å². The Morgan fingerprint density at radius 1 is 1.29 bits per heavy atom. The summed E-state index contributed by atoms with van der Waals surface area (Å²) >= 11 is 0. The molecule has 0 spiro atoms. The Morgan fingerprint density at radius 3 is 2.83 bits per heavy atom. The molecule has 0 fully saturated rings. The Balaban J connectivity index is 1.92. The van der Waals surface area contributed by atoms with E-state index in [9.17, 15) is 9.18 Å². The number of anilines is 1. The van der Waals surface area contributed by atoms with Gasteiger partial charge in [-0.2, -0.15) is 14.8 Å². The number of aromatic amines is 1. The number of nitrogens with zero attached hydrogens (tertiary/aromatic N) is 3. The van der Waals surface area contributed by atoms with Crippen molar-refractivity contribution in [2.45, 2.75) is 26.8 Å². The Bertz CT molecular complexity index is 915. The van der Waals surface area contributed by atoms with Crippen LogP contribution in [0.25, 0.3) is 5.95 Å². The minimum absolute atomic E-state index is 0.271. The molecule has 3 rings (SSSR count). The Kier molecular flexibility index (Phi) is 4.41. The third-order valence-corrected chi connectivity index (χ3v) is 3.62. The maximum Gasteiger partial charge on any atom is 0.274 e. The van der Waals surface area contributed by atoms with E-state index in [0.29, 0.717) is 30.3 Å². The zero-order valence-corrected chi connectivity index (χ0v) is 13.5. The number of hydrogen-bond donors (Lipinski definition) is 2. The first-order valence-corrected chi connectivity index (χ1v) is 7.71. The second-order valence-electron chi connectivity index (χ2n) is 5.45. The second-order valence-corrected chi connectivity index (χ2v) is 5.45. The third-order valence-electron chi connectivity index (χ3n) is 3.62. The van der Waals surface area contributed by atoms with Gasteiger partial charge in [-0.1, -0.05) is 25.1 Å². The molecule has 2 aromatic heterocycles. The number of hydrogen-bond acceptors (Lipinski definition) is 4. The maximum atomic E-state index is 13.8. The van der Waals surface area contributed by atoms with E-state index in [1.807, 2.05) is 19.9 Å². The van der Waals surface area contributed by atoms with E-state index >= 15 is 0 Å². The van der Waals surface area contributed by atoms with E-state index in [-0.39, 0.29) is 11.4 Å². The van der Waals surface area contributed by atoms with E-state index in [4.69, 9.17) is 0 Å². The quantitative estimate of drug-likeness (QED) is 0.755. The largest absolute Gasteiger partial charge is 0.366 e. The van der Waals surface area contributed by atoms with Crippen LogP contribution in [0.1, 0.15) is 23.9 Å². The molecule has 2 N–H and O–H groups in total. The Morgan fingerprint density at radius 2 is 2.08 bits per heavy atom. The van der Waals surface area contributed by atoms with E-state index in [2.05, 4.69) is 20.4 Å². The molecule has 0 unspecified atom stereocenters. The predicted molar refractivity (Wildman–Crippen MR) is 89.8 cm³/mol. The second kappa shape index (κ2) is 6.66. The lowest BCUT2D eigenvalue weighted by molar-refractivity contribution is 0.612. The highest BCUT2D eigenvalue weighted by Crippen LogP contribution is 2.16. The zero-order chi connectivity index (χ0) is 17.1. The minimum atomic E-state index is -0.325. The number of H-pyrrole nitrogens is 1. The molecule has 0 atom stereocenters. The summed E-state index contributed by atoms with van der Waals surface area (Å²) in [5.41, 5.74) is 1.76. The molecule has 0 aliphatic heterocycles. The van der Waals surface area contributed by atoms with Gasteiger partial charge in [0.25, 0.3) is 5.56 Å². The van der Waals surface area contributed by atoms with E-state index in [1.165, 1.54) is 16.8 Å². The lowest BCUT2D eigenvalue weighted by atomic mass is 10.2. The summed E-state index contributed by atoms with van der Waals surface area (Å²) in [4.78, 5) is 18.8. The van der Waals surface area contributed by atoms with Crippen LogP contribution >= 0.6 is 0 Å². The Hall–Kier alpha value is -2.96. The molecule has 0 bridgehead atoms. The molecule has 2 heterocycles. The first kappa shape index (κ1) is 15.9. The SMILES string of the molecule is CCc1cc(=O)nc(-n2nc(C)cc2NCc2ccccc2F)[nH]1. The maximum absolute atomic E-state index is 13.8. The summed E-state index contributed by atoms with van der Waals surface area (Å²) in [5, 5.41) is 7.50. The van der Waals surface area contributed by atoms with Crippen LogP contribution in [0, 0.1) is 12.7 Å². The average Bonchev–Trinajstić information content (AvgIpc) is 2.94. The summed E-state index contributed by atoms with van der Waals surface area (Å²) in [6.07, 6.45) is 0.684. The van der Waals surface area contributed by atoms with Crippen molar-refractivity contribution < 1.29 is 4.39 Å². The zero-order valence-electron chi connectivity index (χ0n) is 13.5. The van der Waals surface area contributed by atoms with Crippen LogP contribution in [-0.2, 0) is 13.0 Å². The van der Waals surface area contributed by atoms with Gasteiger partial charge >= 0.3 is 0 Å². The van der Waals surface area contributed by atoms with Crippen molar-refractivity contribution in [3.63, 3.8) is 0 Å². The summed E-state index contributed by atoms with van der Waals surface area (Å²) < 4.78 is 15.3. The fourth-order valence-corrected chi connectivity index (χ4v) is 2.40. The molecule has 0 amide bonds. The van der Waals surface area contributed by atoms with Crippen LogP contribution in [0.15, 0.2) is 41.2 Å².